The summed E-state index contributed by atoms with van der Waals surface area (Å²) in [6.07, 6.45) is 8.60. The minimum Gasteiger partial charge on any atom is -0.478 e. The number of aromatic carboxylic acids is 1. The van der Waals surface area contributed by atoms with Gasteiger partial charge in [-0.2, -0.15) is 0 Å². The van der Waals surface area contributed by atoms with Crippen molar-refractivity contribution in [2.45, 2.75) is 89.6 Å². The highest BCUT2D eigenvalue weighted by Crippen LogP contribution is 2.63. The van der Waals surface area contributed by atoms with Gasteiger partial charge < -0.3 is 15.2 Å². The molecule has 5 nitrogen and oxygen atoms in total. The summed E-state index contributed by atoms with van der Waals surface area (Å²) in [6, 6.07) is 19.2. The van der Waals surface area contributed by atoms with Crippen LogP contribution in [0.4, 0.5) is 5.69 Å². The first-order chi connectivity index (χ1) is 24.6. The molecule has 260 valence electrons. The molecule has 1 spiro atoms. The van der Waals surface area contributed by atoms with Gasteiger partial charge in [0.05, 0.1) is 21.2 Å². The Morgan fingerprint density at radius 2 is 1.69 bits per heavy atom. The number of carboxylic acid groups (broad SMARTS) is 1. The molecule has 5 aromatic rings. The molecule has 0 amide bonds. The van der Waals surface area contributed by atoms with E-state index in [4.69, 9.17) is 27.9 Å². The van der Waals surface area contributed by atoms with Crippen molar-refractivity contribution in [1.82, 2.24) is 0 Å². The van der Waals surface area contributed by atoms with Crippen molar-refractivity contribution in [2.75, 3.05) is 11.9 Å². The third-order valence-corrected chi connectivity index (χ3v) is 13.2. The highest BCUT2D eigenvalue weighted by Gasteiger charge is 2.57. The molecule has 51 heavy (non-hydrogen) atoms. The van der Waals surface area contributed by atoms with E-state index in [1.165, 1.54) is 68.6 Å². The average molecular weight is 719 g/mol. The van der Waals surface area contributed by atoms with E-state index < -0.39 is 17.5 Å². The van der Waals surface area contributed by atoms with Crippen LogP contribution in [0.5, 0.6) is 0 Å². The molecule has 2 bridgehead atoms. The lowest BCUT2D eigenvalue weighted by molar-refractivity contribution is 0.0236. The van der Waals surface area contributed by atoms with Crippen molar-refractivity contribution in [2.24, 2.45) is 5.92 Å². The second kappa shape index (κ2) is 12.0. The van der Waals surface area contributed by atoms with Crippen molar-refractivity contribution < 1.29 is 19.4 Å². The Labute approximate surface area is 308 Å². The Morgan fingerprint density at radius 3 is 2.37 bits per heavy atom. The van der Waals surface area contributed by atoms with Crippen LogP contribution in [0.2, 0.25) is 10.0 Å². The molecule has 2 N–H and O–H groups in total. The Morgan fingerprint density at radius 1 is 1.00 bits per heavy atom. The lowest BCUT2D eigenvalue weighted by Crippen LogP contribution is -2.38. The number of halogens is 2. The van der Waals surface area contributed by atoms with Gasteiger partial charge in [-0.05, 0) is 131 Å². The number of esters is 1. The van der Waals surface area contributed by atoms with Gasteiger partial charge in [0.2, 0.25) is 0 Å². The third-order valence-electron chi connectivity index (χ3n) is 12.5. The van der Waals surface area contributed by atoms with Crippen molar-refractivity contribution in [3.05, 3.63) is 120 Å². The van der Waals surface area contributed by atoms with Gasteiger partial charge in [-0.1, -0.05) is 86.3 Å². The molecule has 2 aliphatic heterocycles. The maximum Gasteiger partial charge on any atom is 0.341 e. The summed E-state index contributed by atoms with van der Waals surface area (Å²) in [6.45, 7) is 7.76. The summed E-state index contributed by atoms with van der Waals surface area (Å²) < 4.78 is 6.77. The van der Waals surface area contributed by atoms with Gasteiger partial charge in [-0.25, -0.2) is 9.59 Å². The molecule has 10 rings (SSSR count). The van der Waals surface area contributed by atoms with E-state index >= 15 is 0 Å². The summed E-state index contributed by atoms with van der Waals surface area (Å²) in [5.41, 5.74) is 8.14. The number of benzene rings is 5. The number of carbonyl (C=O) groups is 2. The molecule has 5 aliphatic rings. The van der Waals surface area contributed by atoms with E-state index in [2.05, 4.69) is 74.6 Å². The number of nitrogens with one attached hydrogen (secondary N) is 1. The van der Waals surface area contributed by atoms with E-state index in [0.717, 1.165) is 61.6 Å². The lowest BCUT2D eigenvalue weighted by atomic mass is 9.58. The average Bonchev–Trinajstić information content (AvgIpc) is 3.42. The van der Waals surface area contributed by atoms with Gasteiger partial charge in [0, 0.05) is 28.9 Å². The van der Waals surface area contributed by atoms with Crippen LogP contribution in [0.3, 0.4) is 0 Å². The fraction of sp³-hybridized carbons (Fsp3) is 0.364. The summed E-state index contributed by atoms with van der Waals surface area (Å²) >= 11 is 14.0. The molecule has 1 fully saturated rings. The second-order valence-electron chi connectivity index (χ2n) is 15.4. The summed E-state index contributed by atoms with van der Waals surface area (Å²) in [7, 11) is 0. The number of fused-ring (bicyclic) bond motifs is 4. The quantitative estimate of drug-likeness (QED) is 0.171. The molecule has 0 saturated heterocycles. The summed E-state index contributed by atoms with van der Waals surface area (Å²) in [5, 5.41) is 18.3. The van der Waals surface area contributed by atoms with Gasteiger partial charge in [0.25, 0.3) is 0 Å². The standard InChI is InChI=1S/C44H41Cl2NO4/c1-4-22(2)7-5-8-24-18-30-25(15-23(24)3)10-12-33-37(30)28-16-29(17-28)38-31-19-27-9-6-14-47-36(27)20-26(31)11-13-34(38)44(33)40-35(45)21-32(42(48)49)41(46)39(40)43(50)51-44/h10-13,15,18-22,28-29,47H,4-9,14,16-17H2,1-3H3,(H,48,49). The maximum atomic E-state index is 14.2. The zero-order valence-electron chi connectivity index (χ0n) is 29.2. The zero-order valence-corrected chi connectivity index (χ0v) is 30.7. The van der Waals surface area contributed by atoms with E-state index in [1.807, 2.05) is 0 Å². The smallest absolute Gasteiger partial charge is 0.341 e. The van der Waals surface area contributed by atoms with Crippen molar-refractivity contribution in [3.63, 3.8) is 0 Å². The summed E-state index contributed by atoms with van der Waals surface area (Å²) in [4.78, 5) is 26.5. The Kier molecular flexibility index (Phi) is 7.72. The van der Waals surface area contributed by atoms with E-state index in [1.54, 1.807) is 0 Å². The molecule has 3 aliphatic carbocycles. The van der Waals surface area contributed by atoms with Gasteiger partial charge in [-0.3, -0.25) is 0 Å². The van der Waals surface area contributed by atoms with Crippen LogP contribution in [0.1, 0.15) is 129 Å². The molecular weight excluding hydrogens is 677 g/mol. The predicted molar refractivity (Wildman–Crippen MR) is 205 cm³/mol. The fourth-order valence-corrected chi connectivity index (χ4v) is 10.3. The van der Waals surface area contributed by atoms with Crippen LogP contribution in [-0.4, -0.2) is 23.6 Å². The molecule has 2 atom stereocenters. The number of rotatable bonds is 6. The van der Waals surface area contributed by atoms with Gasteiger partial charge in [0.15, 0.2) is 5.60 Å². The van der Waals surface area contributed by atoms with Gasteiger partial charge in [-0.15, -0.1) is 0 Å². The molecule has 2 unspecified atom stereocenters. The van der Waals surface area contributed by atoms with E-state index in [-0.39, 0.29) is 33.0 Å². The molecule has 1 saturated carbocycles. The van der Waals surface area contributed by atoms with Crippen LogP contribution in [-0.2, 0) is 23.2 Å². The monoisotopic (exact) mass is 717 g/mol. The Hall–Kier alpha value is -4.06. The number of hydrogen-bond donors (Lipinski definition) is 2. The SMILES string of the molecule is CCC(C)CCCc1cc2c3c(ccc2cc1C)C1(OC(=O)c2c(Cl)c(C(=O)O)cc(Cl)c21)c1ccc2cc4c(cc2c1C1CC3C1)CCCN4. The maximum absolute atomic E-state index is 14.2. The second-order valence-corrected chi connectivity index (χ2v) is 16.2. The minimum absolute atomic E-state index is 0.0391. The van der Waals surface area contributed by atoms with Crippen LogP contribution in [0, 0.1) is 12.8 Å². The fourth-order valence-electron chi connectivity index (χ4n) is 9.65. The number of carboxylic acids is 1. The molecule has 5 aromatic carbocycles. The molecule has 0 aromatic heterocycles. The number of hydrogen-bond acceptors (Lipinski definition) is 4. The summed E-state index contributed by atoms with van der Waals surface area (Å²) in [5.74, 6) is -0.704. The lowest BCUT2D eigenvalue weighted by Gasteiger charge is -2.47. The Balaban J connectivity index is 1.36. The first kappa shape index (κ1) is 32.8. The first-order valence-corrected chi connectivity index (χ1v) is 19.3. The number of carbonyl (C=O) groups excluding carboxylic acids is 1. The molecule has 7 heteroatoms. The van der Waals surface area contributed by atoms with Crippen LogP contribution < -0.4 is 5.32 Å². The molecular formula is C44H41Cl2NO4. The molecule has 2 heterocycles. The zero-order chi connectivity index (χ0) is 35.3. The van der Waals surface area contributed by atoms with Crippen LogP contribution in [0.25, 0.3) is 21.5 Å². The van der Waals surface area contributed by atoms with Crippen molar-refractivity contribution >= 4 is 62.4 Å². The first-order valence-electron chi connectivity index (χ1n) is 18.5. The van der Waals surface area contributed by atoms with Gasteiger partial charge >= 0.3 is 11.9 Å². The van der Waals surface area contributed by atoms with E-state index in [9.17, 15) is 14.7 Å². The minimum atomic E-state index is -1.41. The topological polar surface area (TPSA) is 75.6 Å². The normalized spacial score (nSPS) is 21.9. The van der Waals surface area contributed by atoms with E-state index in [0.29, 0.717) is 11.5 Å². The van der Waals surface area contributed by atoms with Crippen molar-refractivity contribution in [3.8, 4) is 0 Å². The highest BCUT2D eigenvalue weighted by molar-refractivity contribution is 6.39. The number of aryl methyl sites for hydroxylation is 3. The van der Waals surface area contributed by atoms with Crippen molar-refractivity contribution in [1.29, 1.82) is 0 Å². The third kappa shape index (κ3) is 4.80. The Bertz CT molecular complexity index is 2340. The largest absolute Gasteiger partial charge is 0.478 e. The van der Waals surface area contributed by atoms with Crippen LogP contribution in [0.15, 0.2) is 54.6 Å². The number of anilines is 1. The van der Waals surface area contributed by atoms with Crippen LogP contribution >= 0.6 is 23.2 Å². The molecule has 0 radical (unpaired) electrons. The van der Waals surface area contributed by atoms with Gasteiger partial charge in [0.1, 0.15) is 0 Å². The predicted octanol–water partition coefficient (Wildman–Crippen LogP) is 11.5. The highest BCUT2D eigenvalue weighted by atomic mass is 35.5. The number of ether oxygens (including phenoxy) is 1.